The van der Waals surface area contributed by atoms with Crippen molar-refractivity contribution in [1.82, 2.24) is 19.7 Å². The van der Waals surface area contributed by atoms with Crippen LogP contribution in [-0.4, -0.2) is 108 Å². The zero-order valence-electron chi connectivity index (χ0n) is 25.6. The highest BCUT2D eigenvalue weighted by molar-refractivity contribution is 7.61. The predicted octanol–water partition coefficient (Wildman–Crippen LogP) is 3.08. The maximum Gasteiger partial charge on any atom is 0.379 e. The summed E-state index contributed by atoms with van der Waals surface area (Å²) in [5.41, 5.74) is -0.111. The van der Waals surface area contributed by atoms with Crippen molar-refractivity contribution in [2.75, 3.05) is 65.6 Å². The smallest absolute Gasteiger partial charge is 0.379 e. The fraction of sp³-hybridized carbons (Fsp3) is 0.750. The molecule has 12 heteroatoms. The van der Waals surface area contributed by atoms with Crippen LogP contribution >= 0.6 is 7.60 Å². The molecule has 0 N–H and O–H groups in total. The van der Waals surface area contributed by atoms with Gasteiger partial charge in [0.15, 0.2) is 5.44 Å². The number of ether oxygens (including phenoxy) is 2. The molecule has 0 radical (unpaired) electrons. The average molecular weight is 585 g/mol. The largest absolute Gasteiger partial charge is 0.459 e. The van der Waals surface area contributed by atoms with Crippen molar-refractivity contribution in [3.05, 3.63) is 23.9 Å². The fourth-order valence-corrected chi connectivity index (χ4v) is 5.76. The fourth-order valence-electron chi connectivity index (χ4n) is 4.22. The summed E-state index contributed by atoms with van der Waals surface area (Å²) in [6.07, 6.45) is 0. The second-order valence-corrected chi connectivity index (χ2v) is 13.8. The van der Waals surface area contributed by atoms with E-state index in [-0.39, 0.29) is 43.7 Å². The Bertz CT molecular complexity index is 957. The van der Waals surface area contributed by atoms with Gasteiger partial charge in [0.1, 0.15) is 11.2 Å². The molecule has 0 spiro atoms. The van der Waals surface area contributed by atoms with Crippen LogP contribution in [0.5, 0.6) is 0 Å². The third-order valence-electron chi connectivity index (χ3n) is 5.80. The molecule has 2 heterocycles. The van der Waals surface area contributed by atoms with Gasteiger partial charge in [0, 0.05) is 45.8 Å². The van der Waals surface area contributed by atoms with Crippen LogP contribution in [0, 0.1) is 0 Å². The molecule has 1 aliphatic rings. The maximum absolute atomic E-state index is 13.3. The lowest BCUT2D eigenvalue weighted by Gasteiger charge is -2.27. The van der Waals surface area contributed by atoms with E-state index in [2.05, 4.69) is 19.7 Å². The minimum absolute atomic E-state index is 0.158. The normalized spacial score (nSPS) is 17.1. The molecule has 0 aliphatic carbocycles. The molecule has 1 saturated heterocycles. The van der Waals surface area contributed by atoms with Crippen LogP contribution in [0.1, 0.15) is 61.1 Å². The Kier molecular flexibility index (Phi) is 13.2. The van der Waals surface area contributed by atoms with Gasteiger partial charge in [-0.25, -0.2) is 4.98 Å². The summed E-state index contributed by atoms with van der Waals surface area (Å²) in [7, 11) is -3.51. The van der Waals surface area contributed by atoms with Crippen molar-refractivity contribution >= 4 is 25.0 Å². The highest BCUT2D eigenvalue weighted by Gasteiger charge is 2.29. The second kappa shape index (κ2) is 15.4. The van der Waals surface area contributed by atoms with Crippen molar-refractivity contribution in [2.45, 2.75) is 73.1 Å². The summed E-state index contributed by atoms with van der Waals surface area (Å²) in [6.45, 7) is 19.8. The van der Waals surface area contributed by atoms with E-state index in [0.717, 1.165) is 5.69 Å². The van der Waals surface area contributed by atoms with E-state index in [4.69, 9.17) is 18.5 Å². The standard InChI is InChI=1S/C28H49N4O7P/c1-9-36-40(35,37-10-2)24-13-11-12-23(29-24)20-30-14-16-31(21-25(33)38-27(3,4)5)18-19-32(17-15-30)22-26(34)39-28(6,7)8/h11-13H,9-10,14-22H2,1-8H3. The minimum atomic E-state index is -3.51. The van der Waals surface area contributed by atoms with Crippen molar-refractivity contribution in [3.63, 3.8) is 0 Å². The first-order chi connectivity index (χ1) is 18.6. The number of esters is 2. The third kappa shape index (κ3) is 12.7. The van der Waals surface area contributed by atoms with Gasteiger partial charge in [0.2, 0.25) is 0 Å². The third-order valence-corrected chi connectivity index (χ3v) is 7.81. The van der Waals surface area contributed by atoms with Crippen LogP contribution in [0.25, 0.3) is 0 Å². The Morgan fingerprint density at radius 2 is 1.20 bits per heavy atom. The SMILES string of the molecule is CCOP(=O)(OCC)c1cccc(CN2CCN(CC(=O)OC(C)(C)C)CCN(CC(=O)OC(C)(C)C)CC2)n1. The molecule has 1 aromatic heterocycles. The number of carbonyl (C=O) groups is 2. The summed E-state index contributed by atoms with van der Waals surface area (Å²) < 4.78 is 35.3. The van der Waals surface area contributed by atoms with Gasteiger partial charge in [-0.15, -0.1) is 0 Å². The van der Waals surface area contributed by atoms with Crippen LogP contribution in [0.2, 0.25) is 0 Å². The lowest BCUT2D eigenvalue weighted by Crippen LogP contribution is -2.42. The Balaban J connectivity index is 2.21. The lowest BCUT2D eigenvalue weighted by molar-refractivity contribution is -0.158. The van der Waals surface area contributed by atoms with E-state index in [1.54, 1.807) is 19.9 Å². The molecule has 40 heavy (non-hydrogen) atoms. The number of nitrogens with zero attached hydrogens (tertiary/aromatic N) is 4. The minimum Gasteiger partial charge on any atom is -0.459 e. The maximum atomic E-state index is 13.3. The first-order valence-electron chi connectivity index (χ1n) is 14.1. The number of aromatic nitrogens is 1. The Labute approximate surface area is 240 Å². The van der Waals surface area contributed by atoms with Gasteiger partial charge in [-0.3, -0.25) is 28.9 Å². The van der Waals surface area contributed by atoms with Gasteiger partial charge < -0.3 is 18.5 Å². The summed E-state index contributed by atoms with van der Waals surface area (Å²) in [6, 6.07) is 5.36. The molecule has 2 rings (SSSR count). The van der Waals surface area contributed by atoms with Crippen molar-refractivity contribution in [3.8, 4) is 0 Å². The second-order valence-electron chi connectivity index (χ2n) is 11.8. The van der Waals surface area contributed by atoms with Crippen molar-refractivity contribution < 1.29 is 32.7 Å². The summed E-state index contributed by atoms with van der Waals surface area (Å²) in [5, 5.41) is 0. The highest BCUT2D eigenvalue weighted by atomic mass is 31.2. The summed E-state index contributed by atoms with van der Waals surface area (Å²) >= 11 is 0. The first-order valence-corrected chi connectivity index (χ1v) is 15.6. The molecule has 0 atom stereocenters. The molecule has 228 valence electrons. The summed E-state index contributed by atoms with van der Waals surface area (Å²) in [4.78, 5) is 36.2. The topological polar surface area (TPSA) is 111 Å². The van der Waals surface area contributed by atoms with E-state index in [1.807, 2.05) is 53.7 Å². The number of rotatable bonds is 11. The Morgan fingerprint density at radius 3 is 1.60 bits per heavy atom. The molecule has 0 unspecified atom stereocenters. The van der Waals surface area contributed by atoms with Crippen molar-refractivity contribution in [2.24, 2.45) is 0 Å². The van der Waals surface area contributed by atoms with Crippen LogP contribution in [-0.2, 0) is 39.2 Å². The lowest BCUT2D eigenvalue weighted by atomic mass is 10.2. The number of hydrogen-bond acceptors (Lipinski definition) is 11. The Hall–Kier alpha value is -1.88. The van der Waals surface area contributed by atoms with Crippen molar-refractivity contribution in [1.29, 1.82) is 0 Å². The molecule has 0 saturated carbocycles. The summed E-state index contributed by atoms with van der Waals surface area (Å²) in [5.74, 6) is -0.567. The van der Waals surface area contributed by atoms with Gasteiger partial charge in [-0.05, 0) is 67.5 Å². The van der Waals surface area contributed by atoms with E-state index < -0.39 is 18.8 Å². The van der Waals surface area contributed by atoms with Crippen LogP contribution in [0.15, 0.2) is 18.2 Å². The number of pyridine rings is 1. The van der Waals surface area contributed by atoms with Crippen LogP contribution in [0.3, 0.4) is 0 Å². The van der Waals surface area contributed by atoms with E-state index in [1.165, 1.54) is 0 Å². The number of carbonyl (C=O) groups excluding carboxylic acids is 2. The molecule has 0 bridgehead atoms. The number of hydrogen-bond donors (Lipinski definition) is 0. The highest BCUT2D eigenvalue weighted by Crippen LogP contribution is 2.46. The molecular weight excluding hydrogens is 535 g/mol. The van der Waals surface area contributed by atoms with Gasteiger partial charge in [0.05, 0.1) is 32.0 Å². The molecular formula is C28H49N4O7P. The molecule has 0 aromatic carbocycles. The monoisotopic (exact) mass is 584 g/mol. The molecule has 1 fully saturated rings. The first kappa shape index (κ1) is 34.3. The average Bonchev–Trinajstić information content (AvgIpc) is 2.89. The van der Waals surface area contributed by atoms with Crippen LogP contribution < -0.4 is 5.44 Å². The van der Waals surface area contributed by atoms with Gasteiger partial charge >= 0.3 is 19.5 Å². The van der Waals surface area contributed by atoms with Crippen LogP contribution in [0.4, 0.5) is 0 Å². The van der Waals surface area contributed by atoms with Gasteiger partial charge in [-0.1, -0.05) is 6.07 Å². The van der Waals surface area contributed by atoms with E-state index in [9.17, 15) is 14.2 Å². The molecule has 1 aromatic rings. The van der Waals surface area contributed by atoms with Gasteiger partial charge in [0.25, 0.3) is 0 Å². The molecule has 0 amide bonds. The molecule has 1 aliphatic heterocycles. The Morgan fingerprint density at radius 1 is 0.775 bits per heavy atom. The van der Waals surface area contributed by atoms with E-state index in [0.29, 0.717) is 45.8 Å². The quantitative estimate of drug-likeness (QED) is 0.283. The molecule has 11 nitrogen and oxygen atoms in total. The zero-order chi connectivity index (χ0) is 30.0. The van der Waals surface area contributed by atoms with E-state index >= 15 is 0 Å². The predicted molar refractivity (Wildman–Crippen MR) is 155 cm³/mol. The zero-order valence-corrected chi connectivity index (χ0v) is 26.5. The van der Waals surface area contributed by atoms with Gasteiger partial charge in [-0.2, -0.15) is 0 Å².